The zero-order valence-electron chi connectivity index (χ0n) is 12.3. The monoisotopic (exact) mass is 321 g/mol. The van der Waals surface area contributed by atoms with Gasteiger partial charge < -0.3 is 4.74 Å². The van der Waals surface area contributed by atoms with Crippen LogP contribution in [-0.2, 0) is 0 Å². The number of carbonyl (C=O) groups excluding carboxylic acids is 2. The predicted molar refractivity (Wildman–Crippen MR) is 87.4 cm³/mol. The highest BCUT2D eigenvalue weighted by Crippen LogP contribution is 2.29. The Morgan fingerprint density at radius 1 is 1.00 bits per heavy atom. The molecule has 0 bridgehead atoms. The van der Waals surface area contributed by atoms with Crippen molar-refractivity contribution in [1.29, 1.82) is 0 Å². The van der Waals surface area contributed by atoms with Crippen molar-refractivity contribution in [2.75, 3.05) is 0 Å². The molecular formula is C18H11NO5. The highest BCUT2D eigenvalue weighted by molar-refractivity contribution is 6.00. The average molecular weight is 321 g/mol. The van der Waals surface area contributed by atoms with Crippen molar-refractivity contribution in [3.05, 3.63) is 81.9 Å². The number of hydrogen-bond acceptors (Lipinski definition) is 5. The number of non-ortho nitro benzene ring substituents is 1. The highest BCUT2D eigenvalue weighted by atomic mass is 16.6. The van der Waals surface area contributed by atoms with Gasteiger partial charge in [-0.05, 0) is 23.6 Å². The molecule has 3 aromatic carbocycles. The molecule has 0 saturated heterocycles. The Labute approximate surface area is 136 Å². The van der Waals surface area contributed by atoms with Crippen molar-refractivity contribution in [1.82, 2.24) is 0 Å². The van der Waals surface area contributed by atoms with Crippen molar-refractivity contribution in [2.45, 2.75) is 0 Å². The number of esters is 1. The minimum absolute atomic E-state index is 0.120. The molecule has 0 aromatic heterocycles. The summed E-state index contributed by atoms with van der Waals surface area (Å²) >= 11 is 0. The average Bonchev–Trinajstić information content (AvgIpc) is 2.62. The molecular weight excluding hydrogens is 310 g/mol. The quantitative estimate of drug-likeness (QED) is 0.240. The van der Waals surface area contributed by atoms with Crippen LogP contribution in [0.15, 0.2) is 60.7 Å². The molecule has 0 amide bonds. The summed E-state index contributed by atoms with van der Waals surface area (Å²) in [4.78, 5) is 33.6. The number of benzene rings is 3. The number of nitro groups is 1. The van der Waals surface area contributed by atoms with Gasteiger partial charge in [-0.2, -0.15) is 0 Å². The summed E-state index contributed by atoms with van der Waals surface area (Å²) in [7, 11) is 0. The zero-order valence-corrected chi connectivity index (χ0v) is 12.3. The molecule has 0 unspecified atom stereocenters. The van der Waals surface area contributed by atoms with Crippen LogP contribution in [0.3, 0.4) is 0 Å². The number of nitro benzene ring substituents is 1. The maximum atomic E-state index is 12.3. The standard InChI is InChI=1S/C18H11NO5/c20-11-14-6-5-12-3-1-2-4-16(12)17(14)24-18(21)13-7-9-15(10-8-13)19(22)23/h1-11H. The van der Waals surface area contributed by atoms with Crippen LogP contribution < -0.4 is 4.74 Å². The van der Waals surface area contributed by atoms with Crippen LogP contribution in [0.2, 0.25) is 0 Å². The van der Waals surface area contributed by atoms with E-state index in [2.05, 4.69) is 0 Å². The molecule has 0 N–H and O–H groups in total. The van der Waals surface area contributed by atoms with Gasteiger partial charge in [-0.3, -0.25) is 14.9 Å². The topological polar surface area (TPSA) is 86.5 Å². The Kier molecular flexibility index (Phi) is 4.03. The van der Waals surface area contributed by atoms with Gasteiger partial charge in [-0.1, -0.05) is 30.3 Å². The summed E-state index contributed by atoms with van der Waals surface area (Å²) in [5.74, 6) is -0.518. The zero-order chi connectivity index (χ0) is 17.1. The van der Waals surface area contributed by atoms with E-state index in [0.29, 0.717) is 11.7 Å². The molecule has 6 heteroatoms. The summed E-state index contributed by atoms with van der Waals surface area (Å²) in [6.07, 6.45) is 0.616. The van der Waals surface area contributed by atoms with E-state index < -0.39 is 10.9 Å². The molecule has 24 heavy (non-hydrogen) atoms. The molecule has 0 heterocycles. The third-order valence-electron chi connectivity index (χ3n) is 3.55. The lowest BCUT2D eigenvalue weighted by Crippen LogP contribution is -2.10. The van der Waals surface area contributed by atoms with Gasteiger partial charge in [0.2, 0.25) is 0 Å². The van der Waals surface area contributed by atoms with Gasteiger partial charge in [0.25, 0.3) is 5.69 Å². The van der Waals surface area contributed by atoms with E-state index in [1.54, 1.807) is 24.3 Å². The lowest BCUT2D eigenvalue weighted by Gasteiger charge is -2.10. The van der Waals surface area contributed by atoms with E-state index >= 15 is 0 Å². The lowest BCUT2D eigenvalue weighted by atomic mass is 10.1. The fraction of sp³-hybridized carbons (Fsp3) is 0. The van der Waals surface area contributed by atoms with E-state index in [1.807, 2.05) is 12.1 Å². The first-order valence-electron chi connectivity index (χ1n) is 7.03. The molecule has 0 spiro atoms. The van der Waals surface area contributed by atoms with Crippen LogP contribution in [0.4, 0.5) is 5.69 Å². The van der Waals surface area contributed by atoms with Crippen molar-refractivity contribution in [3.63, 3.8) is 0 Å². The molecule has 6 nitrogen and oxygen atoms in total. The van der Waals surface area contributed by atoms with Crippen LogP contribution in [-0.4, -0.2) is 17.2 Å². The van der Waals surface area contributed by atoms with Crippen molar-refractivity contribution in [3.8, 4) is 5.75 Å². The van der Waals surface area contributed by atoms with E-state index in [0.717, 1.165) is 5.39 Å². The first-order valence-corrected chi connectivity index (χ1v) is 7.03. The largest absolute Gasteiger partial charge is 0.421 e. The van der Waals surface area contributed by atoms with Crippen LogP contribution in [0.1, 0.15) is 20.7 Å². The maximum absolute atomic E-state index is 12.3. The predicted octanol–water partition coefficient (Wildman–Crippen LogP) is 3.78. The first-order chi connectivity index (χ1) is 11.6. The summed E-state index contributed by atoms with van der Waals surface area (Å²) < 4.78 is 5.40. The molecule has 3 aromatic rings. The molecule has 0 aliphatic rings. The lowest BCUT2D eigenvalue weighted by molar-refractivity contribution is -0.384. The number of hydrogen-bond donors (Lipinski definition) is 0. The van der Waals surface area contributed by atoms with Gasteiger partial charge >= 0.3 is 5.97 Å². The number of nitrogens with zero attached hydrogens (tertiary/aromatic N) is 1. The minimum Gasteiger partial charge on any atom is -0.421 e. The van der Waals surface area contributed by atoms with Gasteiger partial charge in [0.05, 0.1) is 16.1 Å². The smallest absolute Gasteiger partial charge is 0.343 e. The van der Waals surface area contributed by atoms with Gasteiger partial charge in [0.15, 0.2) is 6.29 Å². The Morgan fingerprint density at radius 3 is 2.38 bits per heavy atom. The van der Waals surface area contributed by atoms with Crippen LogP contribution in [0.25, 0.3) is 10.8 Å². The molecule has 0 atom stereocenters. The van der Waals surface area contributed by atoms with Gasteiger partial charge in [0.1, 0.15) is 5.75 Å². The molecule has 0 aliphatic heterocycles. The van der Waals surface area contributed by atoms with Gasteiger partial charge in [-0.15, -0.1) is 0 Å². The molecule has 0 aliphatic carbocycles. The van der Waals surface area contributed by atoms with Crippen molar-refractivity contribution >= 4 is 28.7 Å². The van der Waals surface area contributed by atoms with Crippen LogP contribution in [0.5, 0.6) is 5.75 Å². The van der Waals surface area contributed by atoms with Crippen molar-refractivity contribution < 1.29 is 19.2 Å². The van der Waals surface area contributed by atoms with E-state index in [4.69, 9.17) is 4.74 Å². The second-order valence-corrected chi connectivity index (χ2v) is 5.02. The number of fused-ring (bicyclic) bond motifs is 1. The number of aldehydes is 1. The second-order valence-electron chi connectivity index (χ2n) is 5.02. The third-order valence-corrected chi connectivity index (χ3v) is 3.55. The van der Waals surface area contributed by atoms with Gasteiger partial charge in [0, 0.05) is 17.5 Å². The van der Waals surface area contributed by atoms with Crippen LogP contribution in [0, 0.1) is 10.1 Å². The third kappa shape index (κ3) is 2.85. The fourth-order valence-electron chi connectivity index (χ4n) is 2.34. The molecule has 0 saturated carbocycles. The number of rotatable bonds is 4. The van der Waals surface area contributed by atoms with Crippen LogP contribution >= 0.6 is 0 Å². The molecule has 0 radical (unpaired) electrons. The number of ether oxygens (including phenoxy) is 1. The van der Waals surface area contributed by atoms with E-state index in [-0.39, 0.29) is 22.6 Å². The first kappa shape index (κ1) is 15.4. The number of carbonyl (C=O) groups is 2. The van der Waals surface area contributed by atoms with Gasteiger partial charge in [-0.25, -0.2) is 4.79 Å². The Hall–Kier alpha value is -3.54. The molecule has 3 rings (SSSR count). The normalized spacial score (nSPS) is 10.3. The summed E-state index contributed by atoms with van der Waals surface area (Å²) in [5.41, 5.74) is 0.291. The summed E-state index contributed by atoms with van der Waals surface area (Å²) in [6, 6.07) is 15.6. The Balaban J connectivity index is 1.98. The summed E-state index contributed by atoms with van der Waals surface area (Å²) in [5, 5.41) is 12.1. The highest BCUT2D eigenvalue weighted by Gasteiger charge is 2.16. The Morgan fingerprint density at radius 2 is 1.71 bits per heavy atom. The second kappa shape index (κ2) is 6.29. The van der Waals surface area contributed by atoms with E-state index in [1.165, 1.54) is 24.3 Å². The molecule has 118 valence electrons. The SMILES string of the molecule is O=Cc1ccc2ccccc2c1OC(=O)c1ccc([N+](=O)[O-])cc1. The fourth-order valence-corrected chi connectivity index (χ4v) is 2.34. The van der Waals surface area contributed by atoms with Crippen molar-refractivity contribution in [2.24, 2.45) is 0 Å². The molecule has 0 fully saturated rings. The minimum atomic E-state index is -0.690. The summed E-state index contributed by atoms with van der Waals surface area (Å²) in [6.45, 7) is 0. The van der Waals surface area contributed by atoms with E-state index in [9.17, 15) is 19.7 Å². The maximum Gasteiger partial charge on any atom is 0.343 e. The Bertz CT molecular complexity index is 947.